The summed E-state index contributed by atoms with van der Waals surface area (Å²) in [6.45, 7) is 4.71. The largest absolute Gasteiger partial charge is 0.381 e. The Morgan fingerprint density at radius 3 is 2.43 bits per heavy atom. The maximum absolute atomic E-state index is 13.8. The van der Waals surface area contributed by atoms with E-state index in [1.165, 1.54) is 0 Å². The molecule has 0 aliphatic heterocycles. The molecule has 0 atom stereocenters. The molecule has 0 heterocycles. The number of hydrogen-bond donors (Lipinski definition) is 2. The zero-order chi connectivity index (χ0) is 15.4. The molecule has 4 nitrogen and oxygen atoms in total. The Kier molecular flexibility index (Phi) is 5.12. The van der Waals surface area contributed by atoms with Gasteiger partial charge in [0.2, 0.25) is 0 Å². The first-order valence-electron chi connectivity index (χ1n) is 7.20. The van der Waals surface area contributed by atoms with Gasteiger partial charge in [0.15, 0.2) is 0 Å². The molecule has 0 aromatic heterocycles. The van der Waals surface area contributed by atoms with Gasteiger partial charge in [-0.05, 0) is 38.8 Å². The van der Waals surface area contributed by atoms with E-state index in [0.717, 1.165) is 25.0 Å². The third-order valence-corrected chi connectivity index (χ3v) is 3.49. The highest BCUT2D eigenvalue weighted by Gasteiger charge is 2.31. The number of benzene rings is 1. The second-order valence-electron chi connectivity index (χ2n) is 5.06. The monoisotopic (exact) mass is 298 g/mol. The van der Waals surface area contributed by atoms with E-state index in [-0.39, 0.29) is 23.4 Å². The van der Waals surface area contributed by atoms with E-state index in [2.05, 4.69) is 10.6 Å². The first-order valence-corrected chi connectivity index (χ1v) is 7.20. The van der Waals surface area contributed by atoms with Crippen LogP contribution in [0.5, 0.6) is 0 Å². The van der Waals surface area contributed by atoms with Crippen LogP contribution in [0.2, 0.25) is 0 Å². The summed E-state index contributed by atoms with van der Waals surface area (Å²) in [5.41, 5.74) is -0.208. The molecule has 1 aromatic rings. The third kappa shape index (κ3) is 3.69. The summed E-state index contributed by atoms with van der Waals surface area (Å²) >= 11 is 0. The van der Waals surface area contributed by atoms with E-state index >= 15 is 0 Å². The van der Waals surface area contributed by atoms with Crippen LogP contribution in [0.15, 0.2) is 12.1 Å². The van der Waals surface area contributed by atoms with Crippen LogP contribution in [0.1, 0.15) is 37.0 Å². The summed E-state index contributed by atoms with van der Waals surface area (Å²) in [5.74, 6) is -1.98. The predicted molar refractivity (Wildman–Crippen MR) is 76.4 cm³/mol. The van der Waals surface area contributed by atoms with Crippen LogP contribution < -0.4 is 10.6 Å². The molecule has 21 heavy (non-hydrogen) atoms. The van der Waals surface area contributed by atoms with Crippen LogP contribution in [-0.2, 0) is 4.74 Å². The van der Waals surface area contributed by atoms with Gasteiger partial charge in [-0.3, -0.25) is 4.79 Å². The molecular formula is C15H20F2N2O2. The van der Waals surface area contributed by atoms with Crippen LogP contribution >= 0.6 is 0 Å². The minimum absolute atomic E-state index is 0.00786. The maximum atomic E-state index is 13.8. The first kappa shape index (κ1) is 15.7. The van der Waals surface area contributed by atoms with E-state index in [9.17, 15) is 13.6 Å². The molecule has 1 aromatic carbocycles. The minimum Gasteiger partial charge on any atom is -0.381 e. The topological polar surface area (TPSA) is 50.4 Å². The summed E-state index contributed by atoms with van der Waals surface area (Å²) in [5, 5.41) is 5.35. The Balaban J connectivity index is 1.97. The van der Waals surface area contributed by atoms with Crippen molar-refractivity contribution in [2.24, 2.45) is 0 Å². The van der Waals surface area contributed by atoms with Crippen molar-refractivity contribution in [2.45, 2.75) is 38.8 Å². The molecule has 0 unspecified atom stereocenters. The molecule has 1 aliphatic rings. The number of amides is 1. The van der Waals surface area contributed by atoms with Crippen molar-refractivity contribution in [1.82, 2.24) is 5.32 Å². The molecule has 0 radical (unpaired) electrons. The summed E-state index contributed by atoms with van der Waals surface area (Å²) in [4.78, 5) is 12.0. The average Bonchev–Trinajstić information content (AvgIpc) is 2.40. The summed E-state index contributed by atoms with van der Waals surface area (Å²) in [6, 6.07) is 2.11. The van der Waals surface area contributed by atoms with Crippen molar-refractivity contribution in [3.05, 3.63) is 29.3 Å². The normalized spacial score (nSPS) is 20.8. The fourth-order valence-corrected chi connectivity index (χ4v) is 2.37. The number of carbonyl (C=O) groups is 1. The Morgan fingerprint density at radius 1 is 1.29 bits per heavy atom. The summed E-state index contributed by atoms with van der Waals surface area (Å²) in [6.07, 6.45) is 1.64. The molecular weight excluding hydrogens is 278 g/mol. The van der Waals surface area contributed by atoms with Gasteiger partial charge in [-0.1, -0.05) is 0 Å². The highest BCUT2D eigenvalue weighted by molar-refractivity contribution is 5.94. The molecule has 6 heteroatoms. The molecule has 2 N–H and O–H groups in total. The van der Waals surface area contributed by atoms with Crippen molar-refractivity contribution in [1.29, 1.82) is 0 Å². The molecule has 1 saturated carbocycles. The lowest BCUT2D eigenvalue weighted by Crippen LogP contribution is -2.47. The number of nitrogens with one attached hydrogen (secondary N) is 2. The van der Waals surface area contributed by atoms with Gasteiger partial charge >= 0.3 is 0 Å². The molecule has 0 spiro atoms. The SMILES string of the molecule is CCNc1c(F)cc(C(=O)NC2CC(OCC)C2)cc1F. The smallest absolute Gasteiger partial charge is 0.251 e. The van der Waals surface area contributed by atoms with Crippen molar-refractivity contribution >= 4 is 11.6 Å². The van der Waals surface area contributed by atoms with E-state index in [1.807, 2.05) is 6.92 Å². The van der Waals surface area contributed by atoms with Crippen LogP contribution in [-0.4, -0.2) is 31.2 Å². The van der Waals surface area contributed by atoms with Gasteiger partial charge in [-0.15, -0.1) is 0 Å². The highest BCUT2D eigenvalue weighted by atomic mass is 19.1. The Labute approximate surface area is 122 Å². The number of carbonyl (C=O) groups excluding carboxylic acids is 1. The van der Waals surface area contributed by atoms with Gasteiger partial charge in [0, 0.05) is 24.8 Å². The van der Waals surface area contributed by atoms with Gasteiger partial charge < -0.3 is 15.4 Å². The van der Waals surface area contributed by atoms with Gasteiger partial charge in [0.05, 0.1) is 6.10 Å². The quantitative estimate of drug-likeness (QED) is 0.849. The predicted octanol–water partition coefficient (Wildman–Crippen LogP) is 2.69. The zero-order valence-corrected chi connectivity index (χ0v) is 12.2. The van der Waals surface area contributed by atoms with Crippen molar-refractivity contribution in [3.8, 4) is 0 Å². The van der Waals surface area contributed by atoms with Crippen LogP contribution in [0.25, 0.3) is 0 Å². The number of halogens is 2. The number of ether oxygens (including phenoxy) is 1. The lowest BCUT2D eigenvalue weighted by atomic mass is 9.89. The molecule has 116 valence electrons. The van der Waals surface area contributed by atoms with E-state index in [0.29, 0.717) is 13.2 Å². The van der Waals surface area contributed by atoms with Gasteiger partial charge in [-0.25, -0.2) is 8.78 Å². The van der Waals surface area contributed by atoms with Gasteiger partial charge in [0.1, 0.15) is 17.3 Å². The highest BCUT2D eigenvalue weighted by Crippen LogP contribution is 2.25. The average molecular weight is 298 g/mol. The van der Waals surface area contributed by atoms with Crippen LogP contribution in [0.3, 0.4) is 0 Å². The Morgan fingerprint density at radius 2 is 1.90 bits per heavy atom. The van der Waals surface area contributed by atoms with Crippen molar-refractivity contribution in [2.75, 3.05) is 18.5 Å². The van der Waals surface area contributed by atoms with Crippen molar-refractivity contribution in [3.63, 3.8) is 0 Å². The number of rotatable bonds is 6. The van der Waals surface area contributed by atoms with E-state index in [1.54, 1.807) is 6.92 Å². The molecule has 0 bridgehead atoms. The van der Waals surface area contributed by atoms with Gasteiger partial charge in [-0.2, -0.15) is 0 Å². The van der Waals surface area contributed by atoms with E-state index in [4.69, 9.17) is 4.74 Å². The number of anilines is 1. The maximum Gasteiger partial charge on any atom is 0.251 e. The van der Waals surface area contributed by atoms with E-state index < -0.39 is 17.5 Å². The lowest BCUT2D eigenvalue weighted by molar-refractivity contribution is -0.00863. The Bertz CT molecular complexity index is 493. The standard InChI is InChI=1S/C15H20F2N2O2/c1-3-18-14-12(16)5-9(6-13(14)17)15(20)19-10-7-11(8-10)21-4-2/h5-6,10-11,18H,3-4,7-8H2,1-2H3,(H,19,20). The second kappa shape index (κ2) is 6.85. The molecule has 1 aliphatic carbocycles. The molecule has 1 fully saturated rings. The minimum atomic E-state index is -0.761. The fraction of sp³-hybridized carbons (Fsp3) is 0.533. The summed E-state index contributed by atoms with van der Waals surface area (Å²) in [7, 11) is 0. The van der Waals surface area contributed by atoms with Gasteiger partial charge in [0.25, 0.3) is 5.91 Å². The molecule has 1 amide bonds. The zero-order valence-electron chi connectivity index (χ0n) is 12.2. The summed E-state index contributed by atoms with van der Waals surface area (Å²) < 4.78 is 32.9. The second-order valence-corrected chi connectivity index (χ2v) is 5.06. The van der Waals surface area contributed by atoms with Crippen LogP contribution in [0, 0.1) is 11.6 Å². The lowest BCUT2D eigenvalue weighted by Gasteiger charge is -2.35. The molecule has 2 rings (SSSR count). The molecule has 0 saturated heterocycles. The fourth-order valence-electron chi connectivity index (χ4n) is 2.37. The number of hydrogen-bond acceptors (Lipinski definition) is 3. The van der Waals surface area contributed by atoms with Crippen LogP contribution in [0.4, 0.5) is 14.5 Å². The first-order chi connectivity index (χ1) is 10.0. The third-order valence-electron chi connectivity index (χ3n) is 3.49. The Hall–Kier alpha value is -1.69. The van der Waals surface area contributed by atoms with Crippen molar-refractivity contribution < 1.29 is 18.3 Å².